The van der Waals surface area contributed by atoms with Crippen molar-refractivity contribution in [3.8, 4) is 0 Å². The van der Waals surface area contributed by atoms with Crippen LogP contribution in [-0.2, 0) is 0 Å². The Bertz CT molecular complexity index is 301. The number of nitrogens with zero attached hydrogens (tertiary/aromatic N) is 1. The number of rotatable bonds is 4. The Balaban J connectivity index is 1.99. The van der Waals surface area contributed by atoms with Crippen LogP contribution in [0.5, 0.6) is 0 Å². The highest BCUT2D eigenvalue weighted by Crippen LogP contribution is 2.30. The Hall–Kier alpha value is -1.25. The van der Waals surface area contributed by atoms with Crippen molar-refractivity contribution in [1.82, 2.24) is 4.90 Å². The van der Waals surface area contributed by atoms with E-state index in [1.54, 1.807) is 12.1 Å². The quantitative estimate of drug-likeness (QED) is 0.734. The fraction of sp³-hybridized carbons (Fsp3) is 0.545. The van der Waals surface area contributed by atoms with E-state index >= 15 is 0 Å². The largest absolute Gasteiger partial charge is 0.459 e. The minimum atomic E-state index is 0.0180. The van der Waals surface area contributed by atoms with E-state index in [4.69, 9.17) is 4.42 Å². The molecule has 0 radical (unpaired) electrons. The zero-order valence-corrected chi connectivity index (χ0v) is 8.40. The van der Waals surface area contributed by atoms with Gasteiger partial charge >= 0.3 is 0 Å². The highest BCUT2D eigenvalue weighted by Gasteiger charge is 2.27. The number of carbonyl (C=O) groups excluding carboxylic acids is 1. The van der Waals surface area contributed by atoms with Gasteiger partial charge < -0.3 is 9.32 Å². The molecule has 0 spiro atoms. The first-order valence-electron chi connectivity index (χ1n) is 5.14. The van der Waals surface area contributed by atoms with Crippen LogP contribution in [0.1, 0.15) is 30.3 Å². The van der Waals surface area contributed by atoms with Crippen molar-refractivity contribution in [3.05, 3.63) is 24.2 Å². The maximum Gasteiger partial charge on any atom is 0.289 e. The summed E-state index contributed by atoms with van der Waals surface area (Å²) in [5, 5.41) is 0. The maximum absolute atomic E-state index is 11.8. The van der Waals surface area contributed by atoms with Crippen LogP contribution in [0.4, 0.5) is 0 Å². The van der Waals surface area contributed by atoms with Gasteiger partial charge in [0.25, 0.3) is 5.91 Å². The summed E-state index contributed by atoms with van der Waals surface area (Å²) >= 11 is 0. The van der Waals surface area contributed by atoms with Crippen LogP contribution in [0.15, 0.2) is 22.8 Å². The summed E-state index contributed by atoms with van der Waals surface area (Å²) in [6, 6.07) is 3.47. The molecule has 3 heteroatoms. The molecule has 76 valence electrons. The fourth-order valence-electron chi connectivity index (χ4n) is 1.52. The predicted molar refractivity (Wildman–Crippen MR) is 53.0 cm³/mol. The molecule has 1 aliphatic carbocycles. The normalized spacial score (nSPS) is 15.5. The molecule has 0 saturated heterocycles. The van der Waals surface area contributed by atoms with E-state index in [1.165, 1.54) is 19.1 Å². The number of hydrogen-bond donors (Lipinski definition) is 0. The standard InChI is InChI=1S/C11H15NO2/c1-2-12(8-9-5-6-9)11(13)10-4-3-7-14-10/h3-4,7,9H,2,5-6,8H2,1H3. The van der Waals surface area contributed by atoms with E-state index in [2.05, 4.69) is 0 Å². The number of carbonyl (C=O) groups is 1. The summed E-state index contributed by atoms with van der Waals surface area (Å²) in [6.07, 6.45) is 4.07. The van der Waals surface area contributed by atoms with E-state index in [0.29, 0.717) is 5.76 Å². The molecular formula is C11H15NO2. The SMILES string of the molecule is CCN(CC1CC1)C(=O)c1ccco1. The molecule has 0 bridgehead atoms. The molecule has 1 amide bonds. The molecule has 0 atom stereocenters. The summed E-state index contributed by atoms with van der Waals surface area (Å²) in [6.45, 7) is 3.65. The average Bonchev–Trinajstić information content (AvgIpc) is 2.84. The van der Waals surface area contributed by atoms with Crippen molar-refractivity contribution in [2.45, 2.75) is 19.8 Å². The van der Waals surface area contributed by atoms with Crippen molar-refractivity contribution in [2.75, 3.05) is 13.1 Å². The maximum atomic E-state index is 11.8. The predicted octanol–water partition coefficient (Wildman–Crippen LogP) is 2.15. The molecule has 1 aromatic rings. The van der Waals surface area contributed by atoms with Crippen LogP contribution in [0.25, 0.3) is 0 Å². The Labute approximate surface area is 83.7 Å². The number of furan rings is 1. The first kappa shape index (κ1) is 9.31. The van der Waals surface area contributed by atoms with Gasteiger partial charge in [0.2, 0.25) is 0 Å². The first-order valence-corrected chi connectivity index (χ1v) is 5.14. The molecule has 1 aliphatic rings. The zero-order chi connectivity index (χ0) is 9.97. The molecule has 1 heterocycles. The summed E-state index contributed by atoms with van der Waals surface area (Å²) in [4.78, 5) is 13.7. The van der Waals surface area contributed by atoms with Gasteiger partial charge in [0.1, 0.15) is 0 Å². The third kappa shape index (κ3) is 1.97. The van der Waals surface area contributed by atoms with Crippen molar-refractivity contribution >= 4 is 5.91 Å². The van der Waals surface area contributed by atoms with Gasteiger partial charge in [-0.1, -0.05) is 0 Å². The molecule has 1 aromatic heterocycles. The van der Waals surface area contributed by atoms with E-state index in [0.717, 1.165) is 19.0 Å². The van der Waals surface area contributed by atoms with Crippen LogP contribution < -0.4 is 0 Å². The van der Waals surface area contributed by atoms with Crippen LogP contribution in [0, 0.1) is 5.92 Å². The molecule has 0 aromatic carbocycles. The minimum Gasteiger partial charge on any atom is -0.459 e. The summed E-state index contributed by atoms with van der Waals surface area (Å²) in [7, 11) is 0. The average molecular weight is 193 g/mol. The van der Waals surface area contributed by atoms with Crippen molar-refractivity contribution in [3.63, 3.8) is 0 Å². The molecule has 0 aliphatic heterocycles. The van der Waals surface area contributed by atoms with E-state index in [9.17, 15) is 4.79 Å². The van der Waals surface area contributed by atoms with Gasteiger partial charge in [0.15, 0.2) is 5.76 Å². The minimum absolute atomic E-state index is 0.0180. The Morgan fingerprint density at radius 3 is 2.93 bits per heavy atom. The highest BCUT2D eigenvalue weighted by atomic mass is 16.3. The van der Waals surface area contributed by atoms with Gasteiger partial charge in [0, 0.05) is 13.1 Å². The third-order valence-corrected chi connectivity index (χ3v) is 2.58. The molecule has 1 fully saturated rings. The Morgan fingerprint density at radius 1 is 1.64 bits per heavy atom. The van der Waals surface area contributed by atoms with Crippen LogP contribution in [-0.4, -0.2) is 23.9 Å². The third-order valence-electron chi connectivity index (χ3n) is 2.58. The smallest absolute Gasteiger partial charge is 0.289 e. The fourth-order valence-corrected chi connectivity index (χ4v) is 1.52. The van der Waals surface area contributed by atoms with Crippen molar-refractivity contribution < 1.29 is 9.21 Å². The zero-order valence-electron chi connectivity index (χ0n) is 8.40. The first-order chi connectivity index (χ1) is 6.81. The molecule has 0 N–H and O–H groups in total. The number of hydrogen-bond acceptors (Lipinski definition) is 2. The second-order valence-corrected chi connectivity index (χ2v) is 3.76. The van der Waals surface area contributed by atoms with Crippen molar-refractivity contribution in [2.24, 2.45) is 5.92 Å². The molecule has 0 unspecified atom stereocenters. The van der Waals surface area contributed by atoms with Crippen molar-refractivity contribution in [1.29, 1.82) is 0 Å². The van der Waals surface area contributed by atoms with Gasteiger partial charge in [-0.25, -0.2) is 0 Å². The Morgan fingerprint density at radius 2 is 2.43 bits per heavy atom. The van der Waals surface area contributed by atoms with Gasteiger partial charge in [-0.3, -0.25) is 4.79 Å². The molecule has 14 heavy (non-hydrogen) atoms. The number of amides is 1. The summed E-state index contributed by atoms with van der Waals surface area (Å²) in [5.41, 5.74) is 0. The lowest BCUT2D eigenvalue weighted by molar-refractivity contribution is 0.0725. The second-order valence-electron chi connectivity index (χ2n) is 3.76. The van der Waals surface area contributed by atoms with Crippen LogP contribution in [0.3, 0.4) is 0 Å². The van der Waals surface area contributed by atoms with Gasteiger partial charge in [-0.2, -0.15) is 0 Å². The lowest BCUT2D eigenvalue weighted by Crippen LogP contribution is -2.32. The summed E-state index contributed by atoms with van der Waals surface area (Å²) in [5.74, 6) is 1.20. The van der Waals surface area contributed by atoms with Gasteiger partial charge in [-0.05, 0) is 37.8 Å². The highest BCUT2D eigenvalue weighted by molar-refractivity contribution is 5.91. The molecule has 3 nitrogen and oxygen atoms in total. The van der Waals surface area contributed by atoms with E-state index in [-0.39, 0.29) is 5.91 Å². The lowest BCUT2D eigenvalue weighted by atomic mass is 10.3. The topological polar surface area (TPSA) is 33.5 Å². The van der Waals surface area contributed by atoms with Crippen LogP contribution in [0.2, 0.25) is 0 Å². The monoisotopic (exact) mass is 193 g/mol. The lowest BCUT2D eigenvalue weighted by Gasteiger charge is -2.18. The second kappa shape index (κ2) is 3.86. The van der Waals surface area contributed by atoms with E-state index in [1.807, 2.05) is 11.8 Å². The summed E-state index contributed by atoms with van der Waals surface area (Å²) < 4.78 is 5.09. The van der Waals surface area contributed by atoms with Crippen LogP contribution >= 0.6 is 0 Å². The Kier molecular flexibility index (Phi) is 2.57. The molecule has 1 saturated carbocycles. The van der Waals surface area contributed by atoms with E-state index < -0.39 is 0 Å². The van der Waals surface area contributed by atoms with Gasteiger partial charge in [-0.15, -0.1) is 0 Å². The van der Waals surface area contributed by atoms with Gasteiger partial charge in [0.05, 0.1) is 6.26 Å². The molecular weight excluding hydrogens is 178 g/mol. The molecule has 2 rings (SSSR count).